The number of aromatic nitrogens is 1. The van der Waals surface area contributed by atoms with Crippen molar-refractivity contribution in [1.82, 2.24) is 9.88 Å². The van der Waals surface area contributed by atoms with Crippen molar-refractivity contribution >= 4 is 5.91 Å². The third-order valence-electron chi connectivity index (χ3n) is 2.15. The zero-order chi connectivity index (χ0) is 11.4. The van der Waals surface area contributed by atoms with E-state index >= 15 is 0 Å². The van der Waals surface area contributed by atoms with Gasteiger partial charge in [0, 0.05) is 24.8 Å². The van der Waals surface area contributed by atoms with Gasteiger partial charge in [-0.05, 0) is 32.9 Å². The van der Waals surface area contributed by atoms with Gasteiger partial charge in [0.1, 0.15) is 5.69 Å². The molecule has 0 radical (unpaired) electrons. The van der Waals surface area contributed by atoms with Gasteiger partial charge in [0.2, 0.25) is 0 Å². The summed E-state index contributed by atoms with van der Waals surface area (Å²) in [6.45, 7) is 6.45. The molecule has 0 spiro atoms. The Hall–Kier alpha value is -1.29. The molecule has 0 bridgehead atoms. The summed E-state index contributed by atoms with van der Waals surface area (Å²) in [4.78, 5) is 11.7. The van der Waals surface area contributed by atoms with Crippen LogP contribution in [0.2, 0.25) is 0 Å². The molecule has 84 valence electrons. The van der Waals surface area contributed by atoms with Crippen molar-refractivity contribution in [3.8, 4) is 0 Å². The molecule has 15 heavy (non-hydrogen) atoms. The molecular weight excluding hydrogens is 190 g/mol. The quantitative estimate of drug-likeness (QED) is 0.781. The van der Waals surface area contributed by atoms with Gasteiger partial charge < -0.3 is 15.6 Å². The fraction of sp³-hybridized carbons (Fsp3) is 0.545. The molecule has 1 unspecified atom stereocenters. The fourth-order valence-electron chi connectivity index (χ4n) is 1.38. The molecule has 4 nitrogen and oxygen atoms in total. The summed E-state index contributed by atoms with van der Waals surface area (Å²) in [6, 6.07) is 3.96. The Balaban J connectivity index is 2.69. The summed E-state index contributed by atoms with van der Waals surface area (Å²) in [5, 5.41) is 2.80. The Labute approximate surface area is 90.5 Å². The molecule has 1 amide bonds. The first-order valence-corrected chi connectivity index (χ1v) is 5.23. The molecule has 1 rings (SSSR count). The van der Waals surface area contributed by atoms with Crippen LogP contribution in [0.15, 0.2) is 18.3 Å². The van der Waals surface area contributed by atoms with Crippen molar-refractivity contribution in [3.63, 3.8) is 0 Å². The van der Waals surface area contributed by atoms with E-state index in [1.54, 1.807) is 0 Å². The summed E-state index contributed by atoms with van der Waals surface area (Å²) in [5.41, 5.74) is 6.26. The molecule has 0 aromatic carbocycles. The standard InChI is InChI=1S/C11H19N3O/c1-8(2)14-6-4-5-10(14)11(15)13-7-9(3)12/h4-6,8-9H,7,12H2,1-3H3,(H,13,15). The fourth-order valence-corrected chi connectivity index (χ4v) is 1.38. The summed E-state index contributed by atoms with van der Waals surface area (Å²) in [7, 11) is 0. The number of hydrogen-bond acceptors (Lipinski definition) is 2. The van der Waals surface area contributed by atoms with E-state index in [9.17, 15) is 4.79 Å². The van der Waals surface area contributed by atoms with E-state index in [2.05, 4.69) is 5.32 Å². The maximum Gasteiger partial charge on any atom is 0.267 e. The maximum atomic E-state index is 11.7. The van der Waals surface area contributed by atoms with Crippen LogP contribution in [-0.2, 0) is 0 Å². The number of nitrogens with zero attached hydrogens (tertiary/aromatic N) is 1. The lowest BCUT2D eigenvalue weighted by molar-refractivity contribution is 0.0941. The molecule has 1 atom stereocenters. The van der Waals surface area contributed by atoms with Gasteiger partial charge in [0.25, 0.3) is 5.91 Å². The molecular formula is C11H19N3O. The molecule has 3 N–H and O–H groups in total. The molecule has 1 aromatic heterocycles. The predicted molar refractivity (Wildman–Crippen MR) is 60.8 cm³/mol. The van der Waals surface area contributed by atoms with Crippen LogP contribution in [-0.4, -0.2) is 23.1 Å². The van der Waals surface area contributed by atoms with Crippen molar-refractivity contribution in [2.24, 2.45) is 5.73 Å². The van der Waals surface area contributed by atoms with Crippen molar-refractivity contribution in [2.45, 2.75) is 32.9 Å². The summed E-state index contributed by atoms with van der Waals surface area (Å²) in [5.74, 6) is -0.0639. The van der Waals surface area contributed by atoms with Crippen molar-refractivity contribution in [2.75, 3.05) is 6.54 Å². The molecule has 0 aliphatic heterocycles. The molecule has 0 saturated heterocycles. The van der Waals surface area contributed by atoms with Crippen LogP contribution in [0.5, 0.6) is 0 Å². The van der Waals surface area contributed by atoms with Gasteiger partial charge in [0.15, 0.2) is 0 Å². The zero-order valence-electron chi connectivity index (χ0n) is 9.53. The van der Waals surface area contributed by atoms with Crippen molar-refractivity contribution in [1.29, 1.82) is 0 Å². The van der Waals surface area contributed by atoms with Gasteiger partial charge in [-0.3, -0.25) is 4.79 Å². The first-order chi connectivity index (χ1) is 7.02. The van der Waals surface area contributed by atoms with Gasteiger partial charge in [-0.15, -0.1) is 0 Å². The van der Waals surface area contributed by atoms with Gasteiger partial charge in [-0.25, -0.2) is 0 Å². The lowest BCUT2D eigenvalue weighted by Crippen LogP contribution is -2.36. The van der Waals surface area contributed by atoms with Gasteiger partial charge >= 0.3 is 0 Å². The van der Waals surface area contributed by atoms with Gasteiger partial charge in [-0.2, -0.15) is 0 Å². The van der Waals surface area contributed by atoms with Crippen LogP contribution in [0.3, 0.4) is 0 Å². The molecule has 0 aliphatic rings. The summed E-state index contributed by atoms with van der Waals surface area (Å²) >= 11 is 0. The third kappa shape index (κ3) is 3.09. The minimum absolute atomic E-state index is 0.0172. The highest BCUT2D eigenvalue weighted by molar-refractivity contribution is 5.92. The lowest BCUT2D eigenvalue weighted by Gasteiger charge is -2.13. The number of carbonyl (C=O) groups is 1. The molecule has 0 saturated carbocycles. The second kappa shape index (κ2) is 4.98. The Morgan fingerprint density at radius 1 is 1.53 bits per heavy atom. The number of hydrogen-bond donors (Lipinski definition) is 2. The molecule has 1 heterocycles. The highest BCUT2D eigenvalue weighted by Gasteiger charge is 2.12. The Kier molecular flexibility index (Phi) is 3.91. The minimum Gasteiger partial charge on any atom is -0.349 e. The minimum atomic E-state index is -0.0639. The topological polar surface area (TPSA) is 60.0 Å². The smallest absolute Gasteiger partial charge is 0.267 e. The highest BCUT2D eigenvalue weighted by atomic mass is 16.1. The second-order valence-electron chi connectivity index (χ2n) is 4.08. The van der Waals surface area contributed by atoms with E-state index in [0.717, 1.165) is 0 Å². The number of carbonyl (C=O) groups excluding carboxylic acids is 1. The Morgan fingerprint density at radius 2 is 2.20 bits per heavy atom. The first-order valence-electron chi connectivity index (χ1n) is 5.23. The lowest BCUT2D eigenvalue weighted by atomic mass is 10.3. The van der Waals surface area contributed by atoms with Crippen LogP contribution < -0.4 is 11.1 Å². The van der Waals surface area contributed by atoms with E-state index in [1.807, 2.05) is 43.7 Å². The third-order valence-corrected chi connectivity index (χ3v) is 2.15. The number of nitrogens with two attached hydrogens (primary N) is 1. The summed E-state index contributed by atoms with van der Waals surface area (Å²) < 4.78 is 1.94. The molecule has 4 heteroatoms. The van der Waals surface area contributed by atoms with Crippen LogP contribution in [0.1, 0.15) is 37.3 Å². The largest absolute Gasteiger partial charge is 0.349 e. The van der Waals surface area contributed by atoms with E-state index in [-0.39, 0.29) is 18.0 Å². The van der Waals surface area contributed by atoms with Crippen molar-refractivity contribution < 1.29 is 4.79 Å². The van der Waals surface area contributed by atoms with Crippen LogP contribution in [0.25, 0.3) is 0 Å². The number of nitrogens with one attached hydrogen (secondary N) is 1. The van der Waals surface area contributed by atoms with Crippen LogP contribution >= 0.6 is 0 Å². The van der Waals surface area contributed by atoms with Gasteiger partial charge in [-0.1, -0.05) is 0 Å². The average Bonchev–Trinajstić information content (AvgIpc) is 2.62. The molecule has 1 aromatic rings. The van der Waals surface area contributed by atoms with Crippen molar-refractivity contribution in [3.05, 3.63) is 24.0 Å². The monoisotopic (exact) mass is 209 g/mol. The maximum absolute atomic E-state index is 11.7. The van der Waals surface area contributed by atoms with E-state index in [1.165, 1.54) is 0 Å². The second-order valence-corrected chi connectivity index (χ2v) is 4.08. The SMILES string of the molecule is CC(N)CNC(=O)c1cccn1C(C)C. The first kappa shape index (κ1) is 11.8. The molecule has 0 aliphatic carbocycles. The predicted octanol–water partition coefficient (Wildman–Crippen LogP) is 1.15. The van der Waals surface area contributed by atoms with Crippen LogP contribution in [0.4, 0.5) is 0 Å². The highest BCUT2D eigenvalue weighted by Crippen LogP contribution is 2.10. The normalized spacial score (nSPS) is 12.9. The molecule has 0 fully saturated rings. The summed E-state index contributed by atoms with van der Waals surface area (Å²) in [6.07, 6.45) is 1.91. The van der Waals surface area contributed by atoms with E-state index in [4.69, 9.17) is 5.73 Å². The Morgan fingerprint density at radius 3 is 2.73 bits per heavy atom. The number of rotatable bonds is 4. The average molecular weight is 209 g/mol. The number of amides is 1. The Bertz CT molecular complexity index is 328. The van der Waals surface area contributed by atoms with E-state index in [0.29, 0.717) is 12.2 Å². The zero-order valence-corrected chi connectivity index (χ0v) is 9.53. The van der Waals surface area contributed by atoms with Crippen LogP contribution in [0, 0.1) is 0 Å². The van der Waals surface area contributed by atoms with E-state index < -0.39 is 0 Å². The van der Waals surface area contributed by atoms with Gasteiger partial charge in [0.05, 0.1) is 0 Å².